The highest BCUT2D eigenvalue weighted by Gasteiger charge is 2.50. The molecule has 1 unspecified atom stereocenters. The molecule has 1 fully saturated rings. The Morgan fingerprint density at radius 2 is 1.26 bits per heavy atom. The van der Waals surface area contributed by atoms with Crippen molar-refractivity contribution in [1.29, 1.82) is 0 Å². The van der Waals surface area contributed by atoms with Crippen molar-refractivity contribution in [1.82, 2.24) is 0 Å². The molecule has 0 spiro atoms. The maximum Gasteiger partial charge on any atom is 0.00447 e. The molecule has 1 atom stereocenters. The van der Waals surface area contributed by atoms with E-state index >= 15 is 0 Å². The summed E-state index contributed by atoms with van der Waals surface area (Å²) in [4.78, 5) is 0. The van der Waals surface area contributed by atoms with Crippen LogP contribution in [0.25, 0.3) is 0 Å². The normalized spacial score (nSPS) is 24.4. The summed E-state index contributed by atoms with van der Waals surface area (Å²) in [5.74, 6) is 0. The minimum atomic E-state index is 0.163. The fourth-order valence-electron chi connectivity index (χ4n) is 4.06. The molecule has 1 saturated carbocycles. The zero-order chi connectivity index (χ0) is 14.4. The maximum absolute atomic E-state index is 6.26. The molecule has 19 heavy (non-hydrogen) atoms. The van der Waals surface area contributed by atoms with Crippen LogP contribution in [0.4, 0.5) is 0 Å². The van der Waals surface area contributed by atoms with E-state index in [0.29, 0.717) is 6.04 Å². The molecule has 1 aliphatic carbocycles. The highest BCUT2D eigenvalue weighted by Crippen LogP contribution is 2.59. The monoisotopic (exact) mass is 259 g/mol. The van der Waals surface area contributed by atoms with E-state index in [1.54, 1.807) is 0 Å². The maximum atomic E-state index is 6.26. The van der Waals surface area contributed by atoms with Crippen LogP contribution in [-0.2, 0) is 0 Å². The first-order chi connectivity index (χ1) is 9.09. The summed E-state index contributed by atoms with van der Waals surface area (Å²) in [6.45, 7) is 15.9. The van der Waals surface area contributed by atoms with Gasteiger partial charge in [0.15, 0.2) is 0 Å². The van der Waals surface area contributed by atoms with Crippen LogP contribution in [0, 0.1) is 10.8 Å². The number of allylic oxidation sites excluding steroid dienone is 4. The van der Waals surface area contributed by atoms with E-state index in [-0.39, 0.29) is 10.8 Å². The molecular weight excluding hydrogens is 230 g/mol. The van der Waals surface area contributed by atoms with Crippen LogP contribution < -0.4 is 5.73 Å². The second kappa shape index (κ2) is 6.91. The van der Waals surface area contributed by atoms with Crippen LogP contribution in [-0.4, -0.2) is 6.04 Å². The summed E-state index contributed by atoms with van der Waals surface area (Å²) in [5, 5.41) is 0. The Morgan fingerprint density at radius 1 is 0.842 bits per heavy atom. The van der Waals surface area contributed by atoms with Crippen molar-refractivity contribution >= 4 is 0 Å². The standard InChI is InChI=1S/C18H29N/c1-5-10-17(11-6-2)14-9-16(19)15-18(17,12-7-3)13-8-4/h5-8,16H,1-4,9-15,19H2. The molecule has 2 N–H and O–H groups in total. The molecule has 1 aliphatic rings. The molecular formula is C18H29N. The zero-order valence-corrected chi connectivity index (χ0v) is 12.2. The van der Waals surface area contributed by atoms with E-state index in [4.69, 9.17) is 5.73 Å². The zero-order valence-electron chi connectivity index (χ0n) is 12.2. The summed E-state index contributed by atoms with van der Waals surface area (Å²) < 4.78 is 0. The molecule has 0 amide bonds. The van der Waals surface area contributed by atoms with Gasteiger partial charge in [-0.15, -0.1) is 26.3 Å². The molecule has 1 rings (SSSR count). The lowest BCUT2D eigenvalue weighted by Crippen LogP contribution is -2.49. The number of rotatable bonds is 8. The van der Waals surface area contributed by atoms with Gasteiger partial charge in [-0.1, -0.05) is 24.3 Å². The summed E-state index contributed by atoms with van der Waals surface area (Å²) in [6, 6.07) is 0.294. The van der Waals surface area contributed by atoms with Gasteiger partial charge in [-0.2, -0.15) is 0 Å². The smallest absolute Gasteiger partial charge is 0.00447 e. The minimum Gasteiger partial charge on any atom is -0.328 e. The molecule has 0 aromatic rings. The second-order valence-electron chi connectivity index (χ2n) is 6.03. The number of hydrogen-bond acceptors (Lipinski definition) is 1. The van der Waals surface area contributed by atoms with Gasteiger partial charge in [0.05, 0.1) is 0 Å². The average Bonchev–Trinajstić information content (AvgIpc) is 2.36. The largest absolute Gasteiger partial charge is 0.328 e. The summed E-state index contributed by atoms with van der Waals surface area (Å²) >= 11 is 0. The molecule has 106 valence electrons. The molecule has 0 bridgehead atoms. The third kappa shape index (κ3) is 3.09. The van der Waals surface area contributed by atoms with E-state index in [1.807, 2.05) is 12.2 Å². The van der Waals surface area contributed by atoms with Gasteiger partial charge in [-0.05, 0) is 55.8 Å². The number of nitrogens with two attached hydrogens (primary N) is 1. The van der Waals surface area contributed by atoms with Crippen LogP contribution in [0.1, 0.15) is 44.9 Å². The van der Waals surface area contributed by atoms with E-state index in [1.165, 1.54) is 0 Å². The van der Waals surface area contributed by atoms with Crippen molar-refractivity contribution in [2.24, 2.45) is 16.6 Å². The summed E-state index contributed by atoms with van der Waals surface area (Å²) in [7, 11) is 0. The Kier molecular flexibility index (Phi) is 5.81. The van der Waals surface area contributed by atoms with Gasteiger partial charge >= 0.3 is 0 Å². The van der Waals surface area contributed by atoms with Gasteiger partial charge in [0.25, 0.3) is 0 Å². The lowest BCUT2D eigenvalue weighted by atomic mass is 9.50. The first-order valence-electron chi connectivity index (χ1n) is 7.29. The highest BCUT2D eigenvalue weighted by molar-refractivity contribution is 5.11. The molecule has 0 aromatic carbocycles. The van der Waals surface area contributed by atoms with Crippen molar-refractivity contribution < 1.29 is 0 Å². The van der Waals surface area contributed by atoms with Crippen molar-refractivity contribution in [2.75, 3.05) is 0 Å². The van der Waals surface area contributed by atoms with Gasteiger partial charge in [0.2, 0.25) is 0 Å². The summed E-state index contributed by atoms with van der Waals surface area (Å²) in [5.41, 5.74) is 6.64. The molecule has 0 saturated heterocycles. The molecule has 1 nitrogen and oxygen atoms in total. The minimum absolute atomic E-state index is 0.163. The SMILES string of the molecule is C=CCC1(CC=C)CCC(N)CC1(CC=C)CC=C. The van der Waals surface area contributed by atoms with Crippen molar-refractivity contribution in [3.63, 3.8) is 0 Å². The van der Waals surface area contributed by atoms with Crippen LogP contribution in [0.2, 0.25) is 0 Å². The fraction of sp³-hybridized carbons (Fsp3) is 0.556. The Labute approximate surface area is 119 Å². The van der Waals surface area contributed by atoms with Crippen molar-refractivity contribution in [3.8, 4) is 0 Å². The molecule has 0 radical (unpaired) electrons. The third-order valence-electron chi connectivity index (χ3n) is 4.91. The summed E-state index contributed by atoms with van der Waals surface area (Å²) in [6.07, 6.45) is 15.5. The topological polar surface area (TPSA) is 26.0 Å². The van der Waals surface area contributed by atoms with Gasteiger partial charge in [-0.25, -0.2) is 0 Å². The Morgan fingerprint density at radius 3 is 1.68 bits per heavy atom. The Bertz CT molecular complexity index is 320. The third-order valence-corrected chi connectivity index (χ3v) is 4.91. The molecule has 1 heteroatoms. The number of hydrogen-bond donors (Lipinski definition) is 1. The Hall–Kier alpha value is -1.08. The quantitative estimate of drug-likeness (QED) is 0.624. The van der Waals surface area contributed by atoms with Gasteiger partial charge in [0.1, 0.15) is 0 Å². The van der Waals surface area contributed by atoms with Crippen molar-refractivity contribution in [3.05, 3.63) is 50.6 Å². The molecule has 0 aromatic heterocycles. The predicted molar refractivity (Wildman–Crippen MR) is 85.9 cm³/mol. The van der Waals surface area contributed by atoms with Crippen LogP contribution >= 0.6 is 0 Å². The van der Waals surface area contributed by atoms with Crippen molar-refractivity contribution in [2.45, 2.75) is 51.0 Å². The molecule has 0 heterocycles. The van der Waals surface area contributed by atoms with Gasteiger partial charge in [-0.3, -0.25) is 0 Å². The van der Waals surface area contributed by atoms with Crippen LogP contribution in [0.15, 0.2) is 50.6 Å². The first-order valence-corrected chi connectivity index (χ1v) is 7.29. The van der Waals surface area contributed by atoms with Gasteiger partial charge in [0, 0.05) is 6.04 Å². The van der Waals surface area contributed by atoms with E-state index in [9.17, 15) is 0 Å². The first kappa shape index (κ1) is 16.0. The Balaban J connectivity index is 3.24. The highest BCUT2D eigenvalue weighted by atomic mass is 14.7. The average molecular weight is 259 g/mol. The lowest BCUT2D eigenvalue weighted by Gasteiger charge is -2.55. The van der Waals surface area contributed by atoms with Gasteiger partial charge < -0.3 is 5.73 Å². The van der Waals surface area contributed by atoms with Crippen LogP contribution in [0.5, 0.6) is 0 Å². The van der Waals surface area contributed by atoms with E-state index < -0.39 is 0 Å². The van der Waals surface area contributed by atoms with E-state index in [0.717, 1.165) is 44.9 Å². The van der Waals surface area contributed by atoms with Crippen LogP contribution in [0.3, 0.4) is 0 Å². The molecule has 0 aliphatic heterocycles. The second-order valence-corrected chi connectivity index (χ2v) is 6.03. The van der Waals surface area contributed by atoms with E-state index in [2.05, 4.69) is 38.5 Å². The lowest BCUT2D eigenvalue weighted by molar-refractivity contribution is -0.0160. The predicted octanol–water partition coefficient (Wildman–Crippen LogP) is 4.77. The fourth-order valence-corrected chi connectivity index (χ4v) is 4.06.